The van der Waals surface area contributed by atoms with Gasteiger partial charge in [0.05, 0.1) is 5.52 Å². The maximum absolute atomic E-state index is 13.0. The first kappa shape index (κ1) is 21.7. The van der Waals surface area contributed by atoms with Gasteiger partial charge in [-0.15, -0.1) is 0 Å². The van der Waals surface area contributed by atoms with Crippen molar-refractivity contribution in [3.05, 3.63) is 63.8 Å². The summed E-state index contributed by atoms with van der Waals surface area (Å²) in [5, 5.41) is 6.91. The van der Waals surface area contributed by atoms with Crippen LogP contribution in [0.3, 0.4) is 0 Å². The zero-order valence-corrected chi connectivity index (χ0v) is 18.1. The Balaban J connectivity index is 1.99. The summed E-state index contributed by atoms with van der Waals surface area (Å²) in [5.41, 5.74) is 4.36. The molecule has 2 aromatic carbocycles. The minimum absolute atomic E-state index is 0.123. The van der Waals surface area contributed by atoms with Crippen molar-refractivity contribution in [2.75, 3.05) is 10.7 Å². The Morgan fingerprint density at radius 1 is 1.00 bits per heavy atom. The summed E-state index contributed by atoms with van der Waals surface area (Å²) in [4.78, 5) is 37.4. The van der Waals surface area contributed by atoms with E-state index in [0.29, 0.717) is 32.2 Å². The van der Waals surface area contributed by atoms with Crippen molar-refractivity contribution in [1.29, 1.82) is 0 Å². The summed E-state index contributed by atoms with van der Waals surface area (Å²) in [6.45, 7) is 5.26. The van der Waals surface area contributed by atoms with Gasteiger partial charge in [-0.05, 0) is 62.7 Å². The van der Waals surface area contributed by atoms with Crippen molar-refractivity contribution in [2.24, 2.45) is 0 Å². The smallest absolute Gasteiger partial charge is 0.328 e. The minimum Gasteiger partial charge on any atom is -0.346 e. The van der Waals surface area contributed by atoms with Gasteiger partial charge >= 0.3 is 11.8 Å². The highest BCUT2D eigenvalue weighted by atomic mass is 35.5. The van der Waals surface area contributed by atoms with E-state index >= 15 is 0 Å². The van der Waals surface area contributed by atoms with Crippen LogP contribution in [0, 0.1) is 6.92 Å². The summed E-state index contributed by atoms with van der Waals surface area (Å²) in [5.74, 6) is -2.20. The lowest BCUT2D eigenvalue weighted by Gasteiger charge is -2.14. The molecule has 0 fully saturated rings. The first-order chi connectivity index (χ1) is 14.2. The summed E-state index contributed by atoms with van der Waals surface area (Å²) in [7, 11) is 0. The van der Waals surface area contributed by atoms with Crippen LogP contribution in [0.2, 0.25) is 10.0 Å². The normalized spacial score (nSPS) is 10.9. The van der Waals surface area contributed by atoms with E-state index in [9.17, 15) is 14.4 Å². The van der Waals surface area contributed by atoms with Crippen molar-refractivity contribution < 1.29 is 14.4 Å². The third-order valence-electron chi connectivity index (χ3n) is 4.35. The molecule has 0 aliphatic rings. The molecule has 0 aliphatic carbocycles. The predicted molar refractivity (Wildman–Crippen MR) is 119 cm³/mol. The molecular weight excluding hydrogens is 427 g/mol. The van der Waals surface area contributed by atoms with Crippen molar-refractivity contribution in [3.8, 4) is 0 Å². The van der Waals surface area contributed by atoms with Crippen LogP contribution in [0.1, 0.15) is 29.9 Å². The van der Waals surface area contributed by atoms with Gasteiger partial charge in [0, 0.05) is 27.2 Å². The zero-order valence-electron chi connectivity index (χ0n) is 16.5. The lowest BCUT2D eigenvalue weighted by molar-refractivity contribution is -0.137. The van der Waals surface area contributed by atoms with Crippen LogP contribution in [0.5, 0.6) is 0 Å². The van der Waals surface area contributed by atoms with E-state index in [1.54, 1.807) is 63.2 Å². The zero-order chi connectivity index (χ0) is 22.0. The van der Waals surface area contributed by atoms with Crippen LogP contribution < -0.4 is 16.1 Å². The third kappa shape index (κ3) is 4.58. The molecule has 0 radical (unpaired) electrons. The average Bonchev–Trinajstić information content (AvgIpc) is 3.02. The average molecular weight is 447 g/mol. The lowest BCUT2D eigenvalue weighted by atomic mass is 10.2. The van der Waals surface area contributed by atoms with Gasteiger partial charge < -0.3 is 10.6 Å². The number of nitrogens with one attached hydrogen (secondary N) is 3. The molecule has 3 rings (SSSR count). The molecule has 0 saturated carbocycles. The quantitative estimate of drug-likeness (QED) is 0.526. The number of hydrogen-bond donors (Lipinski definition) is 3. The molecule has 0 unspecified atom stereocenters. The summed E-state index contributed by atoms with van der Waals surface area (Å²) in [6, 6.07) is 11.5. The number of aromatic nitrogens is 1. The monoisotopic (exact) mass is 446 g/mol. The second-order valence-electron chi connectivity index (χ2n) is 7.00. The number of fused-ring (bicyclic) bond motifs is 1. The Kier molecular flexibility index (Phi) is 6.34. The van der Waals surface area contributed by atoms with Gasteiger partial charge in [0.1, 0.15) is 5.69 Å². The molecule has 3 N–H and O–H groups in total. The molecule has 0 bridgehead atoms. The lowest BCUT2D eigenvalue weighted by Crippen LogP contribution is -2.42. The topological polar surface area (TPSA) is 92.2 Å². The van der Waals surface area contributed by atoms with Gasteiger partial charge in [0.2, 0.25) is 0 Å². The van der Waals surface area contributed by atoms with E-state index in [2.05, 4.69) is 16.1 Å². The fourth-order valence-electron chi connectivity index (χ4n) is 2.88. The van der Waals surface area contributed by atoms with Crippen LogP contribution in [0.25, 0.3) is 10.9 Å². The molecule has 1 heterocycles. The Hall–Kier alpha value is -3.03. The molecule has 0 saturated heterocycles. The van der Waals surface area contributed by atoms with Crippen LogP contribution in [-0.4, -0.2) is 28.4 Å². The Bertz CT molecular complexity index is 1150. The SMILES string of the molecule is Cc1c(Cl)cccc1NC(=O)c1cc2cc(Cl)ccc2n1NC(=O)C(=O)NC(C)C. The molecule has 3 aromatic rings. The van der Waals surface area contributed by atoms with Crippen LogP contribution in [0.15, 0.2) is 42.5 Å². The second kappa shape index (κ2) is 8.77. The second-order valence-corrected chi connectivity index (χ2v) is 7.85. The number of hydrogen-bond acceptors (Lipinski definition) is 3. The standard InChI is InChI=1S/C21H20Cl2N4O3/c1-11(2)24-20(29)21(30)26-27-17-8-7-14(22)9-13(17)10-18(27)19(28)25-16-6-4-5-15(23)12(16)3/h4-11H,1-3H3,(H,24,29)(H,25,28)(H,26,30). The molecule has 9 heteroatoms. The molecule has 156 valence electrons. The Morgan fingerprint density at radius 3 is 2.43 bits per heavy atom. The summed E-state index contributed by atoms with van der Waals surface area (Å²) < 4.78 is 1.27. The summed E-state index contributed by atoms with van der Waals surface area (Å²) in [6.07, 6.45) is 0. The van der Waals surface area contributed by atoms with Crippen molar-refractivity contribution in [1.82, 2.24) is 9.99 Å². The number of anilines is 1. The number of benzene rings is 2. The van der Waals surface area contributed by atoms with Gasteiger partial charge in [-0.3, -0.25) is 19.8 Å². The van der Waals surface area contributed by atoms with E-state index in [-0.39, 0.29) is 11.7 Å². The van der Waals surface area contributed by atoms with Gasteiger partial charge in [0.25, 0.3) is 5.91 Å². The van der Waals surface area contributed by atoms with Gasteiger partial charge in [-0.1, -0.05) is 29.3 Å². The molecule has 0 spiro atoms. The highest BCUT2D eigenvalue weighted by Gasteiger charge is 2.21. The molecule has 7 nitrogen and oxygen atoms in total. The van der Waals surface area contributed by atoms with Crippen LogP contribution in [0.4, 0.5) is 5.69 Å². The first-order valence-electron chi connectivity index (χ1n) is 9.16. The molecule has 0 atom stereocenters. The number of rotatable bonds is 4. The Labute approximate surface area is 183 Å². The van der Waals surface area contributed by atoms with Crippen molar-refractivity contribution >= 4 is 57.5 Å². The van der Waals surface area contributed by atoms with Gasteiger partial charge in [-0.25, -0.2) is 4.68 Å². The number of carbonyl (C=O) groups excluding carboxylic acids is 3. The fraction of sp³-hybridized carbons (Fsp3) is 0.190. The van der Waals surface area contributed by atoms with E-state index in [0.717, 1.165) is 0 Å². The van der Waals surface area contributed by atoms with E-state index in [1.807, 2.05) is 0 Å². The van der Waals surface area contributed by atoms with E-state index in [1.165, 1.54) is 4.68 Å². The van der Waals surface area contributed by atoms with Crippen LogP contribution in [-0.2, 0) is 9.59 Å². The van der Waals surface area contributed by atoms with E-state index in [4.69, 9.17) is 23.2 Å². The fourth-order valence-corrected chi connectivity index (χ4v) is 3.24. The predicted octanol–water partition coefficient (Wildman–Crippen LogP) is 4.10. The minimum atomic E-state index is -0.899. The maximum Gasteiger partial charge on any atom is 0.328 e. The number of amides is 3. The highest BCUT2D eigenvalue weighted by Crippen LogP contribution is 2.26. The molecular formula is C21H20Cl2N4O3. The Morgan fingerprint density at radius 2 is 1.73 bits per heavy atom. The number of halogens is 2. The number of nitrogens with zero attached hydrogens (tertiary/aromatic N) is 1. The first-order valence-corrected chi connectivity index (χ1v) is 9.92. The van der Waals surface area contributed by atoms with Gasteiger partial charge in [0.15, 0.2) is 0 Å². The summed E-state index contributed by atoms with van der Waals surface area (Å²) >= 11 is 12.2. The van der Waals surface area contributed by atoms with Crippen molar-refractivity contribution in [2.45, 2.75) is 26.8 Å². The van der Waals surface area contributed by atoms with Gasteiger partial charge in [-0.2, -0.15) is 0 Å². The largest absolute Gasteiger partial charge is 0.346 e. The molecule has 0 aliphatic heterocycles. The molecule has 30 heavy (non-hydrogen) atoms. The maximum atomic E-state index is 13.0. The number of carbonyl (C=O) groups is 3. The molecule has 3 amide bonds. The van der Waals surface area contributed by atoms with Crippen LogP contribution >= 0.6 is 23.2 Å². The third-order valence-corrected chi connectivity index (χ3v) is 5.00. The highest BCUT2D eigenvalue weighted by molar-refractivity contribution is 6.38. The van der Waals surface area contributed by atoms with Crippen molar-refractivity contribution in [3.63, 3.8) is 0 Å². The molecule has 1 aromatic heterocycles. The van der Waals surface area contributed by atoms with E-state index < -0.39 is 17.7 Å².